The van der Waals surface area contributed by atoms with E-state index in [2.05, 4.69) is 32.0 Å². The third-order valence-corrected chi connectivity index (χ3v) is 4.37. The van der Waals surface area contributed by atoms with Crippen molar-refractivity contribution in [2.75, 3.05) is 0 Å². The average molecular weight is 295 g/mol. The molecule has 114 valence electrons. The number of hydrogen-bond donors (Lipinski definition) is 0. The van der Waals surface area contributed by atoms with Crippen LogP contribution in [0.15, 0.2) is 24.3 Å². The van der Waals surface area contributed by atoms with Gasteiger partial charge in [0.2, 0.25) is 0 Å². The summed E-state index contributed by atoms with van der Waals surface area (Å²) < 4.78 is 0. The summed E-state index contributed by atoms with van der Waals surface area (Å²) in [7, 11) is 0. The van der Waals surface area contributed by atoms with E-state index in [1.165, 1.54) is 69.8 Å². The van der Waals surface area contributed by atoms with Crippen molar-refractivity contribution in [1.82, 2.24) is 0 Å². The molecule has 0 saturated carbocycles. The Morgan fingerprint density at radius 1 is 0.850 bits per heavy atom. The van der Waals surface area contributed by atoms with Crippen LogP contribution in [0.4, 0.5) is 0 Å². The third-order valence-electron chi connectivity index (χ3n) is 4.13. The molecule has 0 saturated heterocycles. The molecule has 1 unspecified atom stereocenters. The highest BCUT2D eigenvalue weighted by molar-refractivity contribution is 6.30. The van der Waals surface area contributed by atoms with E-state index >= 15 is 0 Å². The van der Waals surface area contributed by atoms with Gasteiger partial charge in [0, 0.05) is 5.02 Å². The van der Waals surface area contributed by atoms with Gasteiger partial charge in [0.25, 0.3) is 0 Å². The monoisotopic (exact) mass is 294 g/mol. The maximum Gasteiger partial charge on any atom is 0.0408 e. The fourth-order valence-corrected chi connectivity index (χ4v) is 3.07. The lowest BCUT2D eigenvalue weighted by Gasteiger charge is -2.17. The summed E-state index contributed by atoms with van der Waals surface area (Å²) in [6.45, 7) is 4.55. The van der Waals surface area contributed by atoms with Gasteiger partial charge in [0.05, 0.1) is 0 Å². The normalized spacial score (nSPS) is 12.6. The third kappa shape index (κ3) is 7.33. The molecule has 0 radical (unpaired) electrons. The summed E-state index contributed by atoms with van der Waals surface area (Å²) >= 11 is 6.15. The van der Waals surface area contributed by atoms with Gasteiger partial charge in [0.15, 0.2) is 0 Å². The predicted octanol–water partition coefficient (Wildman–Crippen LogP) is 7.36. The zero-order valence-corrected chi connectivity index (χ0v) is 14.1. The zero-order chi connectivity index (χ0) is 14.6. The number of benzene rings is 1. The van der Waals surface area contributed by atoms with Crippen LogP contribution in [0.25, 0.3) is 0 Å². The minimum atomic E-state index is 0.710. The highest BCUT2D eigenvalue weighted by Gasteiger charge is 2.11. The van der Waals surface area contributed by atoms with Crippen LogP contribution in [0.5, 0.6) is 0 Å². The summed E-state index contributed by atoms with van der Waals surface area (Å²) in [6.07, 6.45) is 13.5. The first-order valence-corrected chi connectivity index (χ1v) is 8.91. The van der Waals surface area contributed by atoms with Gasteiger partial charge >= 0.3 is 0 Å². The van der Waals surface area contributed by atoms with Gasteiger partial charge in [-0.05, 0) is 36.5 Å². The molecule has 0 nitrogen and oxygen atoms in total. The molecular weight excluding hydrogens is 264 g/mol. The average Bonchev–Trinajstić information content (AvgIpc) is 2.45. The molecule has 1 atom stereocenters. The summed E-state index contributed by atoms with van der Waals surface area (Å²) in [6, 6.07) is 8.51. The van der Waals surface area contributed by atoms with Crippen LogP contribution in [0, 0.1) is 0 Å². The molecular formula is C19H31Cl. The SMILES string of the molecule is CCCCCCCC(CCCCC)c1cccc(Cl)c1. The maximum absolute atomic E-state index is 6.15. The van der Waals surface area contributed by atoms with E-state index in [0.29, 0.717) is 5.92 Å². The fraction of sp³-hybridized carbons (Fsp3) is 0.684. The first-order valence-electron chi connectivity index (χ1n) is 8.53. The van der Waals surface area contributed by atoms with Gasteiger partial charge < -0.3 is 0 Å². The Bertz CT molecular complexity index is 345. The van der Waals surface area contributed by atoms with Crippen molar-refractivity contribution in [2.45, 2.75) is 84.0 Å². The minimum absolute atomic E-state index is 0.710. The van der Waals surface area contributed by atoms with E-state index in [4.69, 9.17) is 11.6 Å². The van der Waals surface area contributed by atoms with Crippen LogP contribution in [0.1, 0.15) is 89.5 Å². The highest BCUT2D eigenvalue weighted by Crippen LogP contribution is 2.29. The molecule has 0 N–H and O–H groups in total. The van der Waals surface area contributed by atoms with Crippen molar-refractivity contribution in [3.05, 3.63) is 34.9 Å². The quantitative estimate of drug-likeness (QED) is 0.374. The molecule has 0 aromatic heterocycles. The first-order chi connectivity index (χ1) is 9.77. The van der Waals surface area contributed by atoms with Crippen LogP contribution >= 0.6 is 11.6 Å². The Balaban J connectivity index is 2.47. The molecule has 20 heavy (non-hydrogen) atoms. The van der Waals surface area contributed by atoms with E-state index in [1.54, 1.807) is 0 Å². The molecule has 1 rings (SSSR count). The molecule has 1 aromatic rings. The Morgan fingerprint density at radius 2 is 1.45 bits per heavy atom. The number of rotatable bonds is 11. The molecule has 0 amide bonds. The van der Waals surface area contributed by atoms with Gasteiger partial charge in [-0.2, -0.15) is 0 Å². The molecule has 1 aromatic carbocycles. The topological polar surface area (TPSA) is 0 Å². The lowest BCUT2D eigenvalue weighted by molar-refractivity contribution is 0.498. The van der Waals surface area contributed by atoms with Crippen LogP contribution in [0.2, 0.25) is 5.02 Å². The molecule has 0 aliphatic carbocycles. The Morgan fingerprint density at radius 3 is 2.10 bits per heavy atom. The van der Waals surface area contributed by atoms with E-state index < -0.39 is 0 Å². The lowest BCUT2D eigenvalue weighted by Crippen LogP contribution is -2.00. The largest absolute Gasteiger partial charge is 0.0843 e. The molecule has 0 fully saturated rings. The standard InChI is InChI=1S/C19H31Cl/c1-3-5-7-8-10-13-17(12-9-6-4-2)18-14-11-15-19(20)16-18/h11,14-17H,3-10,12-13H2,1-2H3. The predicted molar refractivity (Wildman–Crippen MR) is 91.7 cm³/mol. The van der Waals surface area contributed by atoms with Gasteiger partial charge in [0.1, 0.15) is 0 Å². The Hall–Kier alpha value is -0.490. The number of hydrogen-bond acceptors (Lipinski definition) is 0. The Labute approximate surface area is 130 Å². The van der Waals surface area contributed by atoms with Gasteiger partial charge in [-0.3, -0.25) is 0 Å². The van der Waals surface area contributed by atoms with E-state index in [1.807, 2.05) is 6.07 Å². The van der Waals surface area contributed by atoms with Crippen molar-refractivity contribution in [2.24, 2.45) is 0 Å². The van der Waals surface area contributed by atoms with Gasteiger partial charge in [-0.1, -0.05) is 88.9 Å². The van der Waals surface area contributed by atoms with Crippen molar-refractivity contribution >= 4 is 11.6 Å². The summed E-state index contributed by atoms with van der Waals surface area (Å²) in [4.78, 5) is 0. The smallest absolute Gasteiger partial charge is 0.0408 e. The van der Waals surface area contributed by atoms with Crippen LogP contribution < -0.4 is 0 Å². The zero-order valence-electron chi connectivity index (χ0n) is 13.3. The molecule has 0 aliphatic heterocycles. The molecule has 1 heteroatoms. The van der Waals surface area contributed by atoms with Crippen molar-refractivity contribution < 1.29 is 0 Å². The van der Waals surface area contributed by atoms with E-state index in [9.17, 15) is 0 Å². The second-order valence-electron chi connectivity index (χ2n) is 5.95. The number of unbranched alkanes of at least 4 members (excludes halogenated alkanes) is 6. The molecule has 0 spiro atoms. The Kier molecular flexibility index (Phi) is 9.83. The number of halogens is 1. The van der Waals surface area contributed by atoms with Crippen molar-refractivity contribution in [3.63, 3.8) is 0 Å². The van der Waals surface area contributed by atoms with E-state index in [-0.39, 0.29) is 0 Å². The first kappa shape index (κ1) is 17.6. The summed E-state index contributed by atoms with van der Waals surface area (Å²) in [5.74, 6) is 0.710. The van der Waals surface area contributed by atoms with Crippen molar-refractivity contribution in [3.8, 4) is 0 Å². The minimum Gasteiger partial charge on any atom is -0.0843 e. The van der Waals surface area contributed by atoms with Crippen molar-refractivity contribution in [1.29, 1.82) is 0 Å². The second-order valence-corrected chi connectivity index (χ2v) is 6.39. The van der Waals surface area contributed by atoms with Crippen LogP contribution in [-0.4, -0.2) is 0 Å². The van der Waals surface area contributed by atoms with Gasteiger partial charge in [-0.25, -0.2) is 0 Å². The molecule has 0 aliphatic rings. The van der Waals surface area contributed by atoms with Crippen LogP contribution in [-0.2, 0) is 0 Å². The maximum atomic E-state index is 6.15. The summed E-state index contributed by atoms with van der Waals surface area (Å²) in [5.41, 5.74) is 1.45. The van der Waals surface area contributed by atoms with Crippen LogP contribution in [0.3, 0.4) is 0 Å². The lowest BCUT2D eigenvalue weighted by atomic mass is 9.88. The molecule has 0 heterocycles. The molecule has 0 bridgehead atoms. The fourth-order valence-electron chi connectivity index (χ4n) is 2.87. The summed E-state index contributed by atoms with van der Waals surface area (Å²) in [5, 5.41) is 0.883. The highest BCUT2D eigenvalue weighted by atomic mass is 35.5. The van der Waals surface area contributed by atoms with E-state index in [0.717, 1.165) is 5.02 Å². The second kappa shape index (κ2) is 11.2. The van der Waals surface area contributed by atoms with Gasteiger partial charge in [-0.15, -0.1) is 0 Å².